The van der Waals surface area contributed by atoms with Gasteiger partial charge in [-0.1, -0.05) is 23.2 Å². The molecule has 1 fully saturated rings. The number of hydrogen-bond acceptors (Lipinski definition) is 2. The van der Waals surface area contributed by atoms with Crippen molar-refractivity contribution in [2.75, 3.05) is 18.4 Å². The minimum atomic E-state index is -0.152. The molecule has 0 bridgehead atoms. The molecule has 0 radical (unpaired) electrons. The van der Waals surface area contributed by atoms with Gasteiger partial charge >= 0.3 is 6.03 Å². The molecule has 19 heavy (non-hydrogen) atoms. The number of nitrogens with zero attached hydrogens (tertiary/aromatic N) is 1. The van der Waals surface area contributed by atoms with Gasteiger partial charge in [-0.25, -0.2) is 4.79 Å². The SMILES string of the molecule is C[C@@H]1CN(C(=O)Nc2ccc(Cl)c(Cl)c2)C[C@H](C)O1. The zero-order chi connectivity index (χ0) is 14.0. The van der Waals surface area contributed by atoms with E-state index in [0.29, 0.717) is 28.8 Å². The van der Waals surface area contributed by atoms with Crippen LogP contribution in [0.2, 0.25) is 10.0 Å². The van der Waals surface area contributed by atoms with Crippen molar-refractivity contribution < 1.29 is 9.53 Å². The second kappa shape index (κ2) is 5.99. The van der Waals surface area contributed by atoms with Gasteiger partial charge in [-0.05, 0) is 32.0 Å². The number of benzene rings is 1. The Morgan fingerprint density at radius 2 is 1.89 bits per heavy atom. The zero-order valence-corrected chi connectivity index (χ0v) is 12.3. The molecule has 0 spiro atoms. The highest BCUT2D eigenvalue weighted by Crippen LogP contribution is 2.25. The minimum Gasteiger partial charge on any atom is -0.372 e. The standard InChI is InChI=1S/C13H16Cl2N2O2/c1-8-6-17(7-9(2)19-8)13(18)16-10-3-4-11(14)12(15)5-10/h3-5,8-9H,6-7H2,1-2H3,(H,16,18)/t8-,9+. The average Bonchev–Trinajstić information content (AvgIpc) is 2.32. The van der Waals surface area contributed by atoms with Crippen LogP contribution in [0.15, 0.2) is 18.2 Å². The third-order valence-corrected chi connectivity index (χ3v) is 3.62. The number of rotatable bonds is 1. The van der Waals surface area contributed by atoms with Crippen LogP contribution in [-0.2, 0) is 4.74 Å². The molecule has 2 rings (SSSR count). The van der Waals surface area contributed by atoms with Crippen molar-refractivity contribution in [2.45, 2.75) is 26.1 Å². The Morgan fingerprint density at radius 3 is 2.47 bits per heavy atom. The van der Waals surface area contributed by atoms with Gasteiger partial charge in [0.15, 0.2) is 0 Å². The summed E-state index contributed by atoms with van der Waals surface area (Å²) in [5, 5.41) is 3.69. The molecular formula is C13H16Cl2N2O2. The van der Waals surface area contributed by atoms with Gasteiger partial charge in [0.25, 0.3) is 0 Å². The summed E-state index contributed by atoms with van der Waals surface area (Å²) >= 11 is 11.7. The summed E-state index contributed by atoms with van der Waals surface area (Å²) in [4.78, 5) is 13.9. The van der Waals surface area contributed by atoms with E-state index in [2.05, 4.69) is 5.32 Å². The van der Waals surface area contributed by atoms with Crippen LogP contribution >= 0.6 is 23.2 Å². The zero-order valence-electron chi connectivity index (χ0n) is 10.8. The molecule has 4 nitrogen and oxygen atoms in total. The molecule has 1 heterocycles. The Labute approximate surface area is 122 Å². The van der Waals surface area contributed by atoms with Crippen LogP contribution in [0.25, 0.3) is 0 Å². The summed E-state index contributed by atoms with van der Waals surface area (Å²) in [6.45, 7) is 5.07. The monoisotopic (exact) mass is 302 g/mol. The molecule has 1 aliphatic rings. The normalized spacial score (nSPS) is 23.3. The van der Waals surface area contributed by atoms with Crippen LogP contribution in [0, 0.1) is 0 Å². The lowest BCUT2D eigenvalue weighted by Gasteiger charge is -2.35. The van der Waals surface area contributed by atoms with Gasteiger partial charge < -0.3 is 15.0 Å². The van der Waals surface area contributed by atoms with Crippen molar-refractivity contribution in [3.8, 4) is 0 Å². The average molecular weight is 303 g/mol. The highest BCUT2D eigenvalue weighted by atomic mass is 35.5. The predicted molar refractivity (Wildman–Crippen MR) is 77.1 cm³/mol. The van der Waals surface area contributed by atoms with Crippen LogP contribution < -0.4 is 5.32 Å². The van der Waals surface area contributed by atoms with Crippen molar-refractivity contribution in [3.05, 3.63) is 28.2 Å². The van der Waals surface area contributed by atoms with E-state index >= 15 is 0 Å². The quantitative estimate of drug-likeness (QED) is 0.860. The van der Waals surface area contributed by atoms with Gasteiger partial charge in [-0.2, -0.15) is 0 Å². The van der Waals surface area contributed by atoms with E-state index in [0.717, 1.165) is 0 Å². The van der Waals surface area contributed by atoms with E-state index < -0.39 is 0 Å². The van der Waals surface area contributed by atoms with Crippen molar-refractivity contribution in [2.24, 2.45) is 0 Å². The summed E-state index contributed by atoms with van der Waals surface area (Å²) in [6, 6.07) is 4.86. The molecule has 1 aromatic rings. The number of hydrogen-bond donors (Lipinski definition) is 1. The maximum atomic E-state index is 12.1. The predicted octanol–water partition coefficient (Wildman–Crippen LogP) is 3.63. The van der Waals surface area contributed by atoms with Gasteiger partial charge in [0.2, 0.25) is 0 Å². The fourth-order valence-electron chi connectivity index (χ4n) is 2.12. The molecule has 0 saturated carbocycles. The first kappa shape index (κ1) is 14.4. The largest absolute Gasteiger partial charge is 0.372 e. The number of carbonyl (C=O) groups excluding carboxylic acids is 1. The fraction of sp³-hybridized carbons (Fsp3) is 0.462. The minimum absolute atomic E-state index is 0.0447. The van der Waals surface area contributed by atoms with Gasteiger partial charge in [-0.15, -0.1) is 0 Å². The van der Waals surface area contributed by atoms with Crippen molar-refractivity contribution >= 4 is 34.9 Å². The number of halogens is 2. The highest BCUT2D eigenvalue weighted by molar-refractivity contribution is 6.42. The first-order valence-corrected chi connectivity index (χ1v) is 6.87. The van der Waals surface area contributed by atoms with E-state index in [4.69, 9.17) is 27.9 Å². The van der Waals surface area contributed by atoms with Crippen molar-refractivity contribution in [3.63, 3.8) is 0 Å². The van der Waals surface area contributed by atoms with Crippen LogP contribution in [0.3, 0.4) is 0 Å². The van der Waals surface area contributed by atoms with Gasteiger partial charge in [0, 0.05) is 18.8 Å². The van der Waals surface area contributed by atoms with E-state index in [1.165, 1.54) is 0 Å². The van der Waals surface area contributed by atoms with Gasteiger partial charge in [-0.3, -0.25) is 0 Å². The lowest BCUT2D eigenvalue weighted by atomic mass is 10.2. The number of nitrogens with one attached hydrogen (secondary N) is 1. The molecule has 1 N–H and O–H groups in total. The molecule has 2 atom stereocenters. The Kier molecular flexibility index (Phi) is 4.55. The summed E-state index contributed by atoms with van der Waals surface area (Å²) in [5.41, 5.74) is 0.631. The van der Waals surface area contributed by atoms with E-state index in [1.807, 2.05) is 13.8 Å². The first-order valence-electron chi connectivity index (χ1n) is 6.12. The van der Waals surface area contributed by atoms with Crippen LogP contribution in [0.5, 0.6) is 0 Å². The van der Waals surface area contributed by atoms with E-state index in [1.54, 1.807) is 23.1 Å². The van der Waals surface area contributed by atoms with Gasteiger partial charge in [0.05, 0.1) is 22.3 Å². The van der Waals surface area contributed by atoms with E-state index in [9.17, 15) is 4.79 Å². The number of anilines is 1. The maximum absolute atomic E-state index is 12.1. The molecule has 6 heteroatoms. The molecule has 1 aromatic carbocycles. The number of amides is 2. The summed E-state index contributed by atoms with van der Waals surface area (Å²) in [7, 11) is 0. The highest BCUT2D eigenvalue weighted by Gasteiger charge is 2.25. The lowest BCUT2D eigenvalue weighted by molar-refractivity contribution is -0.0530. The maximum Gasteiger partial charge on any atom is 0.322 e. The molecule has 0 aromatic heterocycles. The summed E-state index contributed by atoms with van der Waals surface area (Å²) < 4.78 is 5.59. The molecule has 104 valence electrons. The molecule has 2 amide bonds. The number of urea groups is 1. The summed E-state index contributed by atoms with van der Waals surface area (Å²) in [6.07, 6.45) is 0.0895. The Balaban J connectivity index is 2.02. The second-order valence-corrected chi connectivity index (χ2v) is 5.54. The smallest absolute Gasteiger partial charge is 0.322 e. The Hall–Kier alpha value is -0.970. The van der Waals surface area contributed by atoms with E-state index in [-0.39, 0.29) is 18.2 Å². The Bertz CT molecular complexity index is 472. The van der Waals surface area contributed by atoms with Crippen LogP contribution in [-0.4, -0.2) is 36.2 Å². The Morgan fingerprint density at radius 1 is 1.26 bits per heavy atom. The third kappa shape index (κ3) is 3.75. The molecule has 0 unspecified atom stereocenters. The van der Waals surface area contributed by atoms with Crippen molar-refractivity contribution in [1.82, 2.24) is 4.90 Å². The number of carbonyl (C=O) groups is 1. The fourth-order valence-corrected chi connectivity index (χ4v) is 2.42. The number of morpholine rings is 1. The first-order chi connectivity index (χ1) is 8.95. The molecule has 0 aliphatic carbocycles. The number of ether oxygens (including phenoxy) is 1. The second-order valence-electron chi connectivity index (χ2n) is 4.72. The topological polar surface area (TPSA) is 41.6 Å². The molecule has 1 saturated heterocycles. The molecule has 1 aliphatic heterocycles. The summed E-state index contributed by atoms with van der Waals surface area (Å²) in [5.74, 6) is 0. The molecular weight excluding hydrogens is 287 g/mol. The lowest BCUT2D eigenvalue weighted by Crippen LogP contribution is -2.49. The van der Waals surface area contributed by atoms with Crippen LogP contribution in [0.4, 0.5) is 10.5 Å². The van der Waals surface area contributed by atoms with Crippen LogP contribution in [0.1, 0.15) is 13.8 Å². The third-order valence-electron chi connectivity index (χ3n) is 2.88. The van der Waals surface area contributed by atoms with Crippen molar-refractivity contribution in [1.29, 1.82) is 0 Å². The van der Waals surface area contributed by atoms with Gasteiger partial charge in [0.1, 0.15) is 0 Å².